The third kappa shape index (κ3) is 2.68. The van der Waals surface area contributed by atoms with Gasteiger partial charge in [-0.2, -0.15) is 0 Å². The molecule has 1 aliphatic heterocycles. The smallest absolute Gasteiger partial charge is 0.259 e. The summed E-state index contributed by atoms with van der Waals surface area (Å²) in [6.07, 6.45) is 1.19. The van der Waals surface area contributed by atoms with Crippen LogP contribution in [-0.2, 0) is 4.79 Å². The normalized spacial score (nSPS) is 15.9. The van der Waals surface area contributed by atoms with Crippen LogP contribution in [0.25, 0.3) is 0 Å². The maximum absolute atomic E-state index is 12.5. The molecule has 0 radical (unpaired) electrons. The number of ether oxygens (including phenoxy) is 1. The highest BCUT2D eigenvalue weighted by Crippen LogP contribution is 2.27. The minimum atomic E-state index is -0.297. The summed E-state index contributed by atoms with van der Waals surface area (Å²) in [4.78, 5) is 25.3. The van der Waals surface area contributed by atoms with E-state index in [2.05, 4.69) is 0 Å². The Labute approximate surface area is 117 Å². The van der Waals surface area contributed by atoms with E-state index >= 15 is 0 Å². The van der Waals surface area contributed by atoms with Gasteiger partial charge in [0.1, 0.15) is 11.3 Å². The number of nitrogens with zero attached hydrogens (tertiary/aromatic N) is 1. The van der Waals surface area contributed by atoms with Crippen molar-refractivity contribution in [3.8, 4) is 5.75 Å². The SMILES string of the molecule is COc1cccc(N)c1C(=O)N1CCC(C(N)=O)CC1. The number of benzene rings is 1. The highest BCUT2D eigenvalue weighted by Gasteiger charge is 2.28. The summed E-state index contributed by atoms with van der Waals surface area (Å²) in [6.45, 7) is 1.01. The van der Waals surface area contributed by atoms with Gasteiger partial charge in [0.05, 0.1) is 7.11 Å². The van der Waals surface area contributed by atoms with E-state index in [4.69, 9.17) is 16.2 Å². The van der Waals surface area contributed by atoms with E-state index in [1.165, 1.54) is 7.11 Å². The van der Waals surface area contributed by atoms with E-state index in [0.29, 0.717) is 42.9 Å². The van der Waals surface area contributed by atoms with Gasteiger partial charge in [-0.1, -0.05) is 6.07 Å². The molecule has 6 heteroatoms. The van der Waals surface area contributed by atoms with Gasteiger partial charge in [0.2, 0.25) is 5.91 Å². The van der Waals surface area contributed by atoms with Crippen molar-refractivity contribution in [2.24, 2.45) is 11.7 Å². The topological polar surface area (TPSA) is 98.7 Å². The molecule has 4 N–H and O–H groups in total. The van der Waals surface area contributed by atoms with Crippen LogP contribution in [0.3, 0.4) is 0 Å². The van der Waals surface area contributed by atoms with Crippen molar-refractivity contribution in [2.75, 3.05) is 25.9 Å². The third-order valence-corrected chi connectivity index (χ3v) is 3.68. The number of methoxy groups -OCH3 is 1. The Bertz CT molecular complexity index is 522. The number of hydrogen-bond acceptors (Lipinski definition) is 4. The average molecular weight is 277 g/mol. The molecule has 1 saturated heterocycles. The lowest BCUT2D eigenvalue weighted by Gasteiger charge is -2.31. The van der Waals surface area contributed by atoms with Crippen LogP contribution >= 0.6 is 0 Å². The Hall–Kier alpha value is -2.24. The number of carbonyl (C=O) groups excluding carboxylic acids is 2. The van der Waals surface area contributed by atoms with Crippen LogP contribution in [0.1, 0.15) is 23.2 Å². The summed E-state index contributed by atoms with van der Waals surface area (Å²) in [6, 6.07) is 5.12. The molecule has 2 amide bonds. The molecule has 6 nitrogen and oxygen atoms in total. The first kappa shape index (κ1) is 14.2. The van der Waals surface area contributed by atoms with Gasteiger partial charge in [-0.15, -0.1) is 0 Å². The molecule has 0 saturated carbocycles. The van der Waals surface area contributed by atoms with Crippen LogP contribution in [0.4, 0.5) is 5.69 Å². The van der Waals surface area contributed by atoms with Crippen LogP contribution in [0.15, 0.2) is 18.2 Å². The molecule has 1 aromatic rings. The van der Waals surface area contributed by atoms with Gasteiger partial charge in [0.25, 0.3) is 5.91 Å². The van der Waals surface area contributed by atoms with E-state index in [-0.39, 0.29) is 17.7 Å². The Balaban J connectivity index is 2.15. The Morgan fingerprint density at radius 1 is 1.30 bits per heavy atom. The van der Waals surface area contributed by atoms with Crippen molar-refractivity contribution >= 4 is 17.5 Å². The second-order valence-electron chi connectivity index (χ2n) is 4.89. The zero-order chi connectivity index (χ0) is 14.7. The lowest BCUT2D eigenvalue weighted by molar-refractivity contribution is -0.123. The van der Waals surface area contributed by atoms with Crippen molar-refractivity contribution in [1.29, 1.82) is 0 Å². The molecule has 0 unspecified atom stereocenters. The van der Waals surface area contributed by atoms with Crippen molar-refractivity contribution in [1.82, 2.24) is 4.90 Å². The molecule has 108 valence electrons. The maximum atomic E-state index is 12.5. The van der Waals surface area contributed by atoms with Crippen LogP contribution in [-0.4, -0.2) is 36.9 Å². The van der Waals surface area contributed by atoms with Crippen molar-refractivity contribution in [3.63, 3.8) is 0 Å². The van der Waals surface area contributed by atoms with E-state index in [1.54, 1.807) is 23.1 Å². The van der Waals surface area contributed by atoms with Crippen molar-refractivity contribution < 1.29 is 14.3 Å². The van der Waals surface area contributed by atoms with Gasteiger partial charge >= 0.3 is 0 Å². The van der Waals surface area contributed by atoms with Gasteiger partial charge in [0, 0.05) is 24.7 Å². The van der Waals surface area contributed by atoms with Crippen molar-refractivity contribution in [2.45, 2.75) is 12.8 Å². The minimum absolute atomic E-state index is 0.144. The summed E-state index contributed by atoms with van der Waals surface area (Å²) in [5, 5.41) is 0. The van der Waals surface area contributed by atoms with E-state index < -0.39 is 0 Å². The number of piperidine rings is 1. The Morgan fingerprint density at radius 3 is 2.50 bits per heavy atom. The maximum Gasteiger partial charge on any atom is 0.259 e. The second kappa shape index (κ2) is 5.81. The van der Waals surface area contributed by atoms with E-state index in [0.717, 1.165) is 0 Å². The first-order chi connectivity index (χ1) is 9.54. The van der Waals surface area contributed by atoms with Gasteiger partial charge in [-0.3, -0.25) is 9.59 Å². The Morgan fingerprint density at radius 2 is 1.95 bits per heavy atom. The second-order valence-corrected chi connectivity index (χ2v) is 4.89. The molecule has 1 fully saturated rings. The summed E-state index contributed by atoms with van der Waals surface area (Å²) >= 11 is 0. The molecule has 1 aliphatic rings. The molecule has 20 heavy (non-hydrogen) atoms. The summed E-state index contributed by atoms with van der Waals surface area (Å²) < 4.78 is 5.20. The fraction of sp³-hybridized carbons (Fsp3) is 0.429. The standard InChI is InChI=1S/C14H19N3O3/c1-20-11-4-2-3-10(15)12(11)14(19)17-7-5-9(6-8-17)13(16)18/h2-4,9H,5-8,15H2,1H3,(H2,16,18). The first-order valence-corrected chi connectivity index (χ1v) is 6.55. The minimum Gasteiger partial charge on any atom is -0.496 e. The molecule has 0 bridgehead atoms. The van der Waals surface area contributed by atoms with E-state index in [9.17, 15) is 9.59 Å². The first-order valence-electron chi connectivity index (χ1n) is 6.55. The number of rotatable bonds is 3. The number of primary amides is 1. The van der Waals surface area contributed by atoms with Crippen LogP contribution in [0.2, 0.25) is 0 Å². The summed E-state index contributed by atoms with van der Waals surface area (Å²) in [5.74, 6) is -0.141. The van der Waals surface area contributed by atoms with Crippen LogP contribution in [0, 0.1) is 5.92 Å². The quantitative estimate of drug-likeness (QED) is 0.791. The number of anilines is 1. The van der Waals surface area contributed by atoms with Crippen LogP contribution in [0.5, 0.6) is 5.75 Å². The molecular formula is C14H19N3O3. The predicted octanol–water partition coefficient (Wildman–Crippen LogP) is 0.615. The zero-order valence-corrected chi connectivity index (χ0v) is 11.5. The van der Waals surface area contributed by atoms with Crippen molar-refractivity contribution in [3.05, 3.63) is 23.8 Å². The average Bonchev–Trinajstić information content (AvgIpc) is 2.46. The number of hydrogen-bond donors (Lipinski definition) is 2. The molecule has 0 spiro atoms. The van der Waals surface area contributed by atoms with Gasteiger partial charge in [-0.05, 0) is 25.0 Å². The number of nitrogen functional groups attached to an aromatic ring is 1. The monoisotopic (exact) mass is 277 g/mol. The van der Waals surface area contributed by atoms with E-state index in [1.807, 2.05) is 0 Å². The molecule has 1 aromatic carbocycles. The molecule has 0 aliphatic carbocycles. The number of carbonyl (C=O) groups is 2. The fourth-order valence-electron chi connectivity index (χ4n) is 2.47. The Kier molecular flexibility index (Phi) is 4.12. The number of nitrogens with two attached hydrogens (primary N) is 2. The zero-order valence-electron chi connectivity index (χ0n) is 11.5. The highest BCUT2D eigenvalue weighted by molar-refractivity contribution is 6.02. The fourth-order valence-corrected chi connectivity index (χ4v) is 2.47. The molecule has 0 atom stereocenters. The van der Waals surface area contributed by atoms with Crippen LogP contribution < -0.4 is 16.2 Å². The third-order valence-electron chi connectivity index (χ3n) is 3.68. The summed E-state index contributed by atoms with van der Waals surface area (Å²) in [5.41, 5.74) is 11.9. The van der Waals surface area contributed by atoms with Gasteiger partial charge < -0.3 is 21.1 Å². The highest BCUT2D eigenvalue weighted by atomic mass is 16.5. The molecule has 1 heterocycles. The predicted molar refractivity (Wildman–Crippen MR) is 75.2 cm³/mol. The summed E-state index contributed by atoms with van der Waals surface area (Å²) in [7, 11) is 1.50. The molecule has 2 rings (SSSR count). The lowest BCUT2D eigenvalue weighted by atomic mass is 9.95. The number of amides is 2. The number of likely N-dealkylation sites (tertiary alicyclic amines) is 1. The van der Waals surface area contributed by atoms with Gasteiger partial charge in [-0.25, -0.2) is 0 Å². The lowest BCUT2D eigenvalue weighted by Crippen LogP contribution is -2.42. The molecular weight excluding hydrogens is 258 g/mol. The van der Waals surface area contributed by atoms with Gasteiger partial charge in [0.15, 0.2) is 0 Å². The largest absolute Gasteiger partial charge is 0.496 e. The molecule has 0 aromatic heterocycles.